The van der Waals surface area contributed by atoms with Crippen LogP contribution in [0.3, 0.4) is 0 Å². The number of amides is 1. The van der Waals surface area contributed by atoms with Crippen molar-refractivity contribution in [2.24, 2.45) is 0 Å². The summed E-state index contributed by atoms with van der Waals surface area (Å²) in [6, 6.07) is 10.4. The van der Waals surface area contributed by atoms with E-state index >= 15 is 0 Å². The zero-order valence-corrected chi connectivity index (χ0v) is 17.4. The van der Waals surface area contributed by atoms with Gasteiger partial charge in [-0.1, -0.05) is 18.9 Å². The van der Waals surface area contributed by atoms with Gasteiger partial charge in [0.2, 0.25) is 0 Å². The monoisotopic (exact) mass is 398 g/mol. The molecule has 1 amide bonds. The minimum atomic E-state index is 0.0603. The van der Waals surface area contributed by atoms with Crippen molar-refractivity contribution in [2.45, 2.75) is 38.3 Å². The standard InChI is InChI=1S/C22H26N2O3S/c1-23(14-15-8-9-19(26-2)20(12-15)27-3)22(25)18-13-21-17(10-11-28-21)24(18)16-6-4-5-7-16/h8-13,16H,4-7,14H2,1-3H3. The maximum Gasteiger partial charge on any atom is 0.270 e. The average molecular weight is 399 g/mol. The molecule has 1 aliphatic carbocycles. The third kappa shape index (κ3) is 3.37. The molecule has 0 unspecified atom stereocenters. The number of rotatable bonds is 6. The first-order valence-corrected chi connectivity index (χ1v) is 10.5. The molecule has 1 fully saturated rings. The molecule has 1 aliphatic rings. The lowest BCUT2D eigenvalue weighted by Gasteiger charge is -2.22. The van der Waals surface area contributed by atoms with Gasteiger partial charge in [0.1, 0.15) is 5.69 Å². The van der Waals surface area contributed by atoms with Gasteiger partial charge < -0.3 is 18.9 Å². The van der Waals surface area contributed by atoms with E-state index in [1.165, 1.54) is 23.1 Å². The second-order valence-electron chi connectivity index (χ2n) is 7.36. The van der Waals surface area contributed by atoms with Gasteiger partial charge in [0, 0.05) is 19.6 Å². The summed E-state index contributed by atoms with van der Waals surface area (Å²) in [6.07, 6.45) is 4.78. The summed E-state index contributed by atoms with van der Waals surface area (Å²) in [5, 5.41) is 2.11. The Morgan fingerprint density at radius 1 is 1.14 bits per heavy atom. The summed E-state index contributed by atoms with van der Waals surface area (Å²) < 4.78 is 14.2. The Balaban J connectivity index is 1.61. The maximum atomic E-state index is 13.3. The van der Waals surface area contributed by atoms with Crippen LogP contribution < -0.4 is 9.47 Å². The number of thiophene rings is 1. The molecule has 0 bridgehead atoms. The largest absolute Gasteiger partial charge is 0.493 e. The number of carbonyl (C=O) groups excluding carboxylic acids is 1. The fourth-order valence-electron chi connectivity index (χ4n) is 4.19. The second-order valence-corrected chi connectivity index (χ2v) is 8.31. The number of hydrogen-bond donors (Lipinski definition) is 0. The van der Waals surface area contributed by atoms with Crippen LogP contribution >= 0.6 is 11.3 Å². The van der Waals surface area contributed by atoms with Crippen molar-refractivity contribution in [3.63, 3.8) is 0 Å². The van der Waals surface area contributed by atoms with E-state index in [1.807, 2.05) is 25.2 Å². The summed E-state index contributed by atoms with van der Waals surface area (Å²) in [6.45, 7) is 0.517. The van der Waals surface area contributed by atoms with Crippen LogP contribution in [0, 0.1) is 0 Å². The molecule has 28 heavy (non-hydrogen) atoms. The highest BCUT2D eigenvalue weighted by molar-refractivity contribution is 7.17. The summed E-state index contributed by atoms with van der Waals surface area (Å²) in [5.41, 5.74) is 3.01. The normalized spacial score (nSPS) is 14.5. The Labute approximate surface area is 169 Å². The third-order valence-corrected chi connectivity index (χ3v) is 6.44. The molecule has 0 N–H and O–H groups in total. The molecule has 6 heteroatoms. The van der Waals surface area contributed by atoms with Crippen LogP contribution in [0.25, 0.3) is 10.2 Å². The maximum absolute atomic E-state index is 13.3. The molecule has 2 heterocycles. The minimum Gasteiger partial charge on any atom is -0.493 e. The van der Waals surface area contributed by atoms with Crippen LogP contribution in [0.1, 0.15) is 47.8 Å². The molecule has 1 aromatic carbocycles. The molecule has 1 saturated carbocycles. The quantitative estimate of drug-likeness (QED) is 0.580. The van der Waals surface area contributed by atoms with Crippen molar-refractivity contribution in [1.29, 1.82) is 0 Å². The van der Waals surface area contributed by atoms with E-state index in [0.29, 0.717) is 24.1 Å². The molecule has 0 radical (unpaired) electrons. The minimum absolute atomic E-state index is 0.0603. The highest BCUT2D eigenvalue weighted by Gasteiger charge is 2.26. The van der Waals surface area contributed by atoms with Crippen LogP contribution in [0.5, 0.6) is 11.5 Å². The van der Waals surface area contributed by atoms with E-state index in [-0.39, 0.29) is 5.91 Å². The molecule has 0 atom stereocenters. The number of benzene rings is 1. The van der Waals surface area contributed by atoms with E-state index in [4.69, 9.17) is 9.47 Å². The van der Waals surface area contributed by atoms with E-state index < -0.39 is 0 Å². The fraction of sp³-hybridized carbons (Fsp3) is 0.409. The van der Waals surface area contributed by atoms with Crippen LogP contribution in [0.15, 0.2) is 35.7 Å². The van der Waals surface area contributed by atoms with Gasteiger partial charge in [-0.05, 0) is 48.1 Å². The van der Waals surface area contributed by atoms with Gasteiger partial charge in [-0.2, -0.15) is 0 Å². The molecule has 4 rings (SSSR count). The number of carbonyl (C=O) groups is 1. The molecular formula is C22H26N2O3S. The lowest BCUT2D eigenvalue weighted by molar-refractivity contribution is 0.0772. The van der Waals surface area contributed by atoms with Crippen LogP contribution in [-0.2, 0) is 6.54 Å². The lowest BCUT2D eigenvalue weighted by Crippen LogP contribution is -2.29. The number of fused-ring (bicyclic) bond motifs is 1. The number of ether oxygens (including phenoxy) is 2. The van der Waals surface area contributed by atoms with E-state index in [9.17, 15) is 4.79 Å². The van der Waals surface area contributed by atoms with Crippen molar-refractivity contribution < 1.29 is 14.3 Å². The smallest absolute Gasteiger partial charge is 0.270 e. The van der Waals surface area contributed by atoms with Crippen molar-refractivity contribution >= 4 is 27.5 Å². The van der Waals surface area contributed by atoms with E-state index in [0.717, 1.165) is 24.1 Å². The van der Waals surface area contributed by atoms with Gasteiger partial charge in [-0.15, -0.1) is 11.3 Å². The first-order valence-electron chi connectivity index (χ1n) is 9.67. The van der Waals surface area contributed by atoms with Gasteiger partial charge >= 0.3 is 0 Å². The molecule has 5 nitrogen and oxygen atoms in total. The number of nitrogens with zero attached hydrogens (tertiary/aromatic N) is 2. The molecule has 3 aromatic rings. The van der Waals surface area contributed by atoms with Crippen molar-refractivity contribution in [3.8, 4) is 11.5 Å². The Morgan fingerprint density at radius 2 is 1.89 bits per heavy atom. The van der Waals surface area contributed by atoms with Gasteiger partial charge in [0.15, 0.2) is 11.5 Å². The van der Waals surface area contributed by atoms with Gasteiger partial charge in [0.05, 0.1) is 24.4 Å². The Bertz CT molecular complexity index is 985. The Kier molecular flexibility index (Phi) is 5.31. The third-order valence-electron chi connectivity index (χ3n) is 5.58. The lowest BCUT2D eigenvalue weighted by atomic mass is 10.2. The molecule has 0 saturated heterocycles. The predicted octanol–water partition coefficient (Wildman–Crippen LogP) is 5.11. The predicted molar refractivity (Wildman–Crippen MR) is 113 cm³/mol. The summed E-state index contributed by atoms with van der Waals surface area (Å²) in [7, 11) is 5.10. The van der Waals surface area contributed by atoms with E-state index in [2.05, 4.69) is 22.1 Å². The number of methoxy groups -OCH3 is 2. The second kappa shape index (κ2) is 7.87. The van der Waals surface area contributed by atoms with Gasteiger partial charge in [-0.25, -0.2) is 0 Å². The first kappa shape index (κ1) is 18.9. The summed E-state index contributed by atoms with van der Waals surface area (Å²) >= 11 is 1.70. The van der Waals surface area contributed by atoms with Crippen LogP contribution in [0.2, 0.25) is 0 Å². The van der Waals surface area contributed by atoms with Crippen molar-refractivity contribution in [1.82, 2.24) is 9.47 Å². The SMILES string of the molecule is COc1ccc(CN(C)C(=O)c2cc3sccc3n2C2CCCC2)cc1OC. The summed E-state index contributed by atoms with van der Waals surface area (Å²) in [4.78, 5) is 15.1. The van der Waals surface area contributed by atoms with Crippen LogP contribution in [0.4, 0.5) is 0 Å². The average Bonchev–Trinajstić information content (AvgIpc) is 3.44. The first-order chi connectivity index (χ1) is 13.6. The molecular weight excluding hydrogens is 372 g/mol. The van der Waals surface area contributed by atoms with Gasteiger partial charge in [0.25, 0.3) is 5.91 Å². The highest BCUT2D eigenvalue weighted by Crippen LogP contribution is 2.37. The molecule has 148 valence electrons. The summed E-state index contributed by atoms with van der Waals surface area (Å²) in [5.74, 6) is 1.43. The molecule has 2 aromatic heterocycles. The zero-order chi connectivity index (χ0) is 19.7. The van der Waals surface area contributed by atoms with Crippen molar-refractivity contribution in [2.75, 3.05) is 21.3 Å². The Morgan fingerprint density at radius 3 is 2.61 bits per heavy atom. The Hall–Kier alpha value is -2.47. The van der Waals surface area contributed by atoms with Gasteiger partial charge in [-0.3, -0.25) is 4.79 Å². The molecule has 0 spiro atoms. The number of hydrogen-bond acceptors (Lipinski definition) is 4. The number of aromatic nitrogens is 1. The topological polar surface area (TPSA) is 43.7 Å². The van der Waals surface area contributed by atoms with E-state index in [1.54, 1.807) is 30.5 Å². The molecule has 0 aliphatic heterocycles. The fourth-order valence-corrected chi connectivity index (χ4v) is 5.00. The van der Waals surface area contributed by atoms with Crippen LogP contribution in [-0.4, -0.2) is 36.6 Å². The highest BCUT2D eigenvalue weighted by atomic mass is 32.1. The van der Waals surface area contributed by atoms with Crippen molar-refractivity contribution in [3.05, 3.63) is 47.0 Å². The zero-order valence-electron chi connectivity index (χ0n) is 16.6.